The Morgan fingerprint density at radius 3 is 2.43 bits per heavy atom. The molecule has 0 N–H and O–H groups in total. The fourth-order valence-corrected chi connectivity index (χ4v) is 3.79. The normalized spacial score (nSPS) is 20.3. The van der Waals surface area contributed by atoms with Crippen molar-refractivity contribution in [1.29, 1.82) is 0 Å². The summed E-state index contributed by atoms with van der Waals surface area (Å²) in [6.07, 6.45) is 6.25. The molecule has 1 heterocycles. The number of ketones is 1. The van der Waals surface area contributed by atoms with Crippen LogP contribution in [0.15, 0.2) is 12.1 Å². The smallest absolute Gasteiger partial charge is 0.177 e. The van der Waals surface area contributed by atoms with Crippen LogP contribution in [-0.4, -0.2) is 29.8 Å². The van der Waals surface area contributed by atoms with Gasteiger partial charge in [-0.3, -0.25) is 9.69 Å². The number of rotatable bonds is 4. The molecule has 1 aromatic rings. The highest BCUT2D eigenvalue weighted by molar-refractivity contribution is 6.00. The first-order valence-electron chi connectivity index (χ1n) is 8.38. The van der Waals surface area contributed by atoms with Crippen molar-refractivity contribution in [2.75, 3.05) is 13.1 Å². The predicted octanol–water partition coefficient (Wildman–Crippen LogP) is 4.45. The quantitative estimate of drug-likeness (QED) is 0.763. The Labute approximate surface area is 129 Å². The summed E-state index contributed by atoms with van der Waals surface area (Å²) in [5.41, 5.74) is 4.43. The highest BCUT2D eigenvalue weighted by Gasteiger charge is 2.23. The van der Waals surface area contributed by atoms with Crippen LogP contribution in [0.5, 0.6) is 0 Å². The summed E-state index contributed by atoms with van der Waals surface area (Å²) in [6, 6.07) is 4.84. The minimum absolute atomic E-state index is 0.297. The van der Waals surface area contributed by atoms with E-state index < -0.39 is 0 Å². The molecule has 1 fully saturated rings. The van der Waals surface area contributed by atoms with Crippen LogP contribution in [0.1, 0.15) is 66.1 Å². The minimum atomic E-state index is 0.297. The van der Waals surface area contributed by atoms with Crippen molar-refractivity contribution in [2.45, 2.75) is 65.8 Å². The standard InChI is InChI=1S/C19H29NO/c1-5-17-9-7-6-8-10-20(17)13-18(21)19-15(3)11-14(2)12-16(19)4/h11-12,17H,5-10,13H2,1-4H3. The monoisotopic (exact) mass is 287 g/mol. The van der Waals surface area contributed by atoms with Gasteiger partial charge in [-0.05, 0) is 57.7 Å². The van der Waals surface area contributed by atoms with Crippen LogP contribution in [0.3, 0.4) is 0 Å². The molecule has 1 unspecified atom stereocenters. The molecule has 116 valence electrons. The van der Waals surface area contributed by atoms with Crippen molar-refractivity contribution in [2.24, 2.45) is 0 Å². The highest BCUT2D eigenvalue weighted by Crippen LogP contribution is 2.22. The van der Waals surface area contributed by atoms with Gasteiger partial charge >= 0.3 is 0 Å². The van der Waals surface area contributed by atoms with E-state index in [1.807, 2.05) is 0 Å². The molecule has 1 aliphatic heterocycles. The molecule has 0 aliphatic carbocycles. The van der Waals surface area contributed by atoms with Crippen LogP contribution in [0.2, 0.25) is 0 Å². The summed E-state index contributed by atoms with van der Waals surface area (Å²) in [5, 5.41) is 0. The second-order valence-electron chi connectivity index (χ2n) is 6.58. The fraction of sp³-hybridized carbons (Fsp3) is 0.632. The number of hydrogen-bond acceptors (Lipinski definition) is 2. The molecule has 1 saturated heterocycles. The first-order valence-corrected chi connectivity index (χ1v) is 8.38. The molecule has 0 bridgehead atoms. The predicted molar refractivity (Wildman–Crippen MR) is 89.1 cm³/mol. The molecular formula is C19H29NO. The molecule has 1 aliphatic rings. The summed E-state index contributed by atoms with van der Waals surface area (Å²) in [6.45, 7) is 10.1. The van der Waals surface area contributed by atoms with E-state index in [4.69, 9.17) is 0 Å². The van der Waals surface area contributed by atoms with Crippen LogP contribution in [0.4, 0.5) is 0 Å². The molecule has 0 saturated carbocycles. The van der Waals surface area contributed by atoms with Crippen LogP contribution in [-0.2, 0) is 0 Å². The summed E-state index contributed by atoms with van der Waals surface area (Å²) >= 11 is 0. The lowest BCUT2D eigenvalue weighted by atomic mass is 9.96. The third-order valence-electron chi connectivity index (χ3n) is 4.77. The number of aryl methyl sites for hydroxylation is 3. The van der Waals surface area contributed by atoms with Gasteiger partial charge in [-0.25, -0.2) is 0 Å². The molecule has 2 nitrogen and oxygen atoms in total. The molecule has 21 heavy (non-hydrogen) atoms. The summed E-state index contributed by atoms with van der Waals surface area (Å²) in [5.74, 6) is 0.297. The molecule has 0 aromatic heterocycles. The molecular weight excluding hydrogens is 258 g/mol. The lowest BCUT2D eigenvalue weighted by Crippen LogP contribution is -2.38. The third kappa shape index (κ3) is 3.94. The van der Waals surface area contributed by atoms with Gasteiger partial charge in [0.2, 0.25) is 0 Å². The Morgan fingerprint density at radius 2 is 1.81 bits per heavy atom. The minimum Gasteiger partial charge on any atom is -0.293 e. The second-order valence-corrected chi connectivity index (χ2v) is 6.58. The van der Waals surface area contributed by atoms with Crippen molar-refractivity contribution >= 4 is 5.78 Å². The first kappa shape index (κ1) is 16.2. The molecule has 1 atom stereocenters. The van der Waals surface area contributed by atoms with Crippen molar-refractivity contribution in [3.05, 3.63) is 34.4 Å². The number of Topliss-reactive ketones (excluding diaryl/α,β-unsaturated/α-hetero) is 1. The number of benzene rings is 1. The summed E-state index contributed by atoms with van der Waals surface area (Å²) < 4.78 is 0. The molecule has 0 amide bonds. The molecule has 1 aromatic carbocycles. The summed E-state index contributed by atoms with van der Waals surface area (Å²) in [4.78, 5) is 15.2. The first-order chi connectivity index (χ1) is 10.0. The van der Waals surface area contributed by atoms with Crippen LogP contribution < -0.4 is 0 Å². The Balaban J connectivity index is 2.16. The maximum absolute atomic E-state index is 12.8. The largest absolute Gasteiger partial charge is 0.293 e. The maximum Gasteiger partial charge on any atom is 0.177 e. The van der Waals surface area contributed by atoms with Gasteiger partial charge in [-0.2, -0.15) is 0 Å². The van der Waals surface area contributed by atoms with Crippen LogP contribution in [0, 0.1) is 20.8 Å². The lowest BCUT2D eigenvalue weighted by molar-refractivity contribution is 0.0889. The second kappa shape index (κ2) is 7.22. The molecule has 2 rings (SSSR count). The number of likely N-dealkylation sites (tertiary alicyclic amines) is 1. The average molecular weight is 287 g/mol. The van der Waals surface area contributed by atoms with Gasteiger partial charge in [0.15, 0.2) is 5.78 Å². The van der Waals surface area contributed by atoms with E-state index >= 15 is 0 Å². The molecule has 0 radical (unpaired) electrons. The zero-order chi connectivity index (χ0) is 15.4. The van der Waals surface area contributed by atoms with Gasteiger partial charge in [0.05, 0.1) is 6.54 Å². The molecule has 0 spiro atoms. The third-order valence-corrected chi connectivity index (χ3v) is 4.77. The van der Waals surface area contributed by atoms with Gasteiger partial charge in [0, 0.05) is 11.6 Å². The SMILES string of the molecule is CCC1CCCCCN1CC(=O)c1c(C)cc(C)cc1C. The van der Waals surface area contributed by atoms with E-state index in [0.717, 1.165) is 29.7 Å². The van der Waals surface area contributed by atoms with Crippen molar-refractivity contribution in [3.63, 3.8) is 0 Å². The van der Waals surface area contributed by atoms with Gasteiger partial charge in [0.25, 0.3) is 0 Å². The number of hydrogen-bond donors (Lipinski definition) is 0. The van der Waals surface area contributed by atoms with Gasteiger partial charge in [-0.1, -0.05) is 37.5 Å². The van der Waals surface area contributed by atoms with Crippen LogP contribution in [0.25, 0.3) is 0 Å². The van der Waals surface area contributed by atoms with Crippen LogP contribution >= 0.6 is 0 Å². The topological polar surface area (TPSA) is 20.3 Å². The van der Waals surface area contributed by atoms with E-state index in [0.29, 0.717) is 18.4 Å². The van der Waals surface area contributed by atoms with E-state index in [1.165, 1.54) is 31.2 Å². The van der Waals surface area contributed by atoms with Gasteiger partial charge in [-0.15, -0.1) is 0 Å². The molecule has 2 heteroatoms. The lowest BCUT2D eigenvalue weighted by Gasteiger charge is -2.28. The van der Waals surface area contributed by atoms with E-state index in [-0.39, 0.29) is 0 Å². The average Bonchev–Trinajstić information content (AvgIpc) is 2.62. The Kier molecular flexibility index (Phi) is 5.58. The Bertz CT molecular complexity index is 483. The number of nitrogens with zero attached hydrogens (tertiary/aromatic N) is 1. The Morgan fingerprint density at radius 1 is 1.14 bits per heavy atom. The number of carbonyl (C=O) groups is 1. The van der Waals surface area contributed by atoms with E-state index in [2.05, 4.69) is 44.7 Å². The van der Waals surface area contributed by atoms with Gasteiger partial charge < -0.3 is 0 Å². The van der Waals surface area contributed by atoms with E-state index in [1.54, 1.807) is 0 Å². The zero-order valence-electron chi connectivity index (χ0n) is 14.0. The maximum atomic E-state index is 12.8. The summed E-state index contributed by atoms with van der Waals surface area (Å²) in [7, 11) is 0. The Hall–Kier alpha value is -1.15. The van der Waals surface area contributed by atoms with Crippen molar-refractivity contribution in [3.8, 4) is 0 Å². The fourth-order valence-electron chi connectivity index (χ4n) is 3.79. The van der Waals surface area contributed by atoms with Crippen molar-refractivity contribution in [1.82, 2.24) is 4.90 Å². The highest BCUT2D eigenvalue weighted by atomic mass is 16.1. The van der Waals surface area contributed by atoms with Gasteiger partial charge in [0.1, 0.15) is 0 Å². The van der Waals surface area contributed by atoms with Crippen molar-refractivity contribution < 1.29 is 4.79 Å². The van der Waals surface area contributed by atoms with E-state index in [9.17, 15) is 4.79 Å². The number of carbonyl (C=O) groups excluding carboxylic acids is 1. The zero-order valence-corrected chi connectivity index (χ0v) is 14.0.